The highest BCUT2D eigenvalue weighted by Crippen LogP contribution is 2.25. The van der Waals surface area contributed by atoms with Gasteiger partial charge in [0, 0.05) is 12.1 Å². The molecule has 0 spiro atoms. The van der Waals surface area contributed by atoms with Crippen LogP contribution in [0, 0.1) is 16.0 Å². The Hall–Kier alpha value is -3.02. The standard InChI is InChI=1S/C13H13N3O3.C7H12.3C2H6/c1-2-3-4-7-19-13-11-8-10(16(17)18)5-6-12(11)14-9-15-13;1-5-7(4)6(2)3;3*1-2/h2-3,5-6,8-9H,4,7H2,1H3;5-6H,1,4H2,2-3H3;3*1-2H3/b3-2+;;;;. The molecule has 1 aromatic heterocycles. The van der Waals surface area contributed by atoms with Gasteiger partial charge in [0.25, 0.3) is 5.69 Å². The molecule has 0 unspecified atom stereocenters. The van der Waals surface area contributed by atoms with E-state index < -0.39 is 4.92 Å². The van der Waals surface area contributed by atoms with Crippen LogP contribution in [0.4, 0.5) is 5.69 Å². The first-order chi connectivity index (χ1) is 15.4. The number of nitro benzene ring substituents is 1. The van der Waals surface area contributed by atoms with E-state index in [1.807, 2.05) is 60.6 Å². The van der Waals surface area contributed by atoms with Gasteiger partial charge in [-0.05, 0) is 25.3 Å². The molecule has 6 heteroatoms. The van der Waals surface area contributed by atoms with Crippen LogP contribution >= 0.6 is 0 Å². The molecule has 0 saturated carbocycles. The summed E-state index contributed by atoms with van der Waals surface area (Å²) < 4.78 is 5.53. The predicted octanol–water partition coefficient (Wildman–Crippen LogP) is 8.35. The topological polar surface area (TPSA) is 78.2 Å². The molecule has 0 amide bonds. The van der Waals surface area contributed by atoms with E-state index in [4.69, 9.17) is 4.74 Å². The lowest BCUT2D eigenvalue weighted by atomic mass is 10.1. The molecule has 0 N–H and O–H groups in total. The van der Waals surface area contributed by atoms with E-state index in [1.54, 1.807) is 12.1 Å². The fourth-order valence-corrected chi connectivity index (χ4v) is 1.88. The summed E-state index contributed by atoms with van der Waals surface area (Å²) in [5, 5.41) is 11.3. The smallest absolute Gasteiger partial charge is 0.270 e. The second-order valence-corrected chi connectivity index (χ2v) is 5.78. The molecule has 1 heterocycles. The molecule has 0 bridgehead atoms. The van der Waals surface area contributed by atoms with Crippen LogP contribution in [0.5, 0.6) is 5.88 Å². The van der Waals surface area contributed by atoms with E-state index in [0.717, 1.165) is 12.0 Å². The van der Waals surface area contributed by atoms with E-state index in [2.05, 4.69) is 37.0 Å². The van der Waals surface area contributed by atoms with Gasteiger partial charge in [-0.3, -0.25) is 10.1 Å². The lowest BCUT2D eigenvalue weighted by molar-refractivity contribution is -0.384. The summed E-state index contributed by atoms with van der Waals surface area (Å²) in [5.74, 6) is 0.927. The number of ether oxygens (including phenoxy) is 1. The van der Waals surface area contributed by atoms with Crippen molar-refractivity contribution in [1.82, 2.24) is 9.97 Å². The Kier molecular flexibility index (Phi) is 23.8. The van der Waals surface area contributed by atoms with Crippen molar-refractivity contribution in [3.8, 4) is 5.88 Å². The number of nitrogens with zero attached hydrogens (tertiary/aromatic N) is 3. The van der Waals surface area contributed by atoms with Crippen molar-refractivity contribution in [2.24, 2.45) is 5.92 Å². The molecule has 2 rings (SSSR count). The second kappa shape index (κ2) is 22.7. The molecular formula is C26H43N3O3. The molecule has 0 atom stereocenters. The monoisotopic (exact) mass is 445 g/mol. The van der Waals surface area contributed by atoms with Gasteiger partial charge in [-0.1, -0.05) is 92.3 Å². The summed E-state index contributed by atoms with van der Waals surface area (Å²) in [5.41, 5.74) is 1.74. The second-order valence-electron chi connectivity index (χ2n) is 5.78. The average molecular weight is 446 g/mol. The lowest BCUT2D eigenvalue weighted by Gasteiger charge is -2.06. The molecule has 2 aromatic rings. The van der Waals surface area contributed by atoms with Crippen molar-refractivity contribution < 1.29 is 9.66 Å². The SMILES string of the molecule is C/C=C/CCOc1ncnc2ccc([N+](=O)[O-])cc12.C=CC(=C)C(C)C.CC.CC.CC. The zero-order chi connectivity index (χ0) is 25.5. The molecule has 180 valence electrons. The van der Waals surface area contributed by atoms with Gasteiger partial charge in [0.05, 0.1) is 22.4 Å². The first-order valence-corrected chi connectivity index (χ1v) is 11.3. The molecule has 1 aromatic carbocycles. The highest BCUT2D eigenvalue weighted by molar-refractivity contribution is 5.85. The molecule has 0 aliphatic heterocycles. The zero-order valence-electron chi connectivity index (χ0n) is 21.5. The quantitative estimate of drug-likeness (QED) is 0.141. The fraction of sp³-hybridized carbons (Fsp3) is 0.462. The van der Waals surface area contributed by atoms with E-state index >= 15 is 0 Å². The molecule has 0 aliphatic rings. The maximum Gasteiger partial charge on any atom is 0.270 e. The molecule has 32 heavy (non-hydrogen) atoms. The van der Waals surface area contributed by atoms with Gasteiger partial charge < -0.3 is 4.74 Å². The number of allylic oxidation sites excluding steroid dienone is 3. The van der Waals surface area contributed by atoms with Crippen LogP contribution in [-0.4, -0.2) is 21.5 Å². The van der Waals surface area contributed by atoms with Crippen LogP contribution in [0.3, 0.4) is 0 Å². The minimum Gasteiger partial charge on any atom is -0.477 e. The van der Waals surface area contributed by atoms with E-state index in [1.165, 1.54) is 18.5 Å². The summed E-state index contributed by atoms with van der Waals surface area (Å²) in [7, 11) is 0. The Morgan fingerprint density at radius 2 is 1.75 bits per heavy atom. The number of aromatic nitrogens is 2. The maximum atomic E-state index is 10.8. The van der Waals surface area contributed by atoms with Gasteiger partial charge in [-0.15, -0.1) is 0 Å². The number of hydrogen-bond donors (Lipinski definition) is 0. The van der Waals surface area contributed by atoms with E-state index in [9.17, 15) is 10.1 Å². The largest absolute Gasteiger partial charge is 0.477 e. The van der Waals surface area contributed by atoms with Crippen LogP contribution in [0.15, 0.2) is 61.5 Å². The van der Waals surface area contributed by atoms with Crippen LogP contribution in [-0.2, 0) is 0 Å². The number of nitro groups is 1. The Balaban J connectivity index is -0.000000545. The Bertz CT molecular complexity index is 800. The molecule has 6 nitrogen and oxygen atoms in total. The van der Waals surface area contributed by atoms with Crippen molar-refractivity contribution in [2.45, 2.75) is 68.7 Å². The summed E-state index contributed by atoms with van der Waals surface area (Å²) in [6, 6.07) is 4.44. The van der Waals surface area contributed by atoms with Gasteiger partial charge in [-0.25, -0.2) is 9.97 Å². The van der Waals surface area contributed by atoms with Gasteiger partial charge >= 0.3 is 0 Å². The summed E-state index contributed by atoms with van der Waals surface area (Å²) >= 11 is 0. The number of rotatable bonds is 7. The Labute approximate surface area is 195 Å². The van der Waals surface area contributed by atoms with Gasteiger partial charge in [0.2, 0.25) is 5.88 Å². The average Bonchev–Trinajstić information content (AvgIpc) is 2.85. The van der Waals surface area contributed by atoms with Gasteiger partial charge in [0.15, 0.2) is 0 Å². The van der Waals surface area contributed by atoms with Crippen LogP contribution in [0.1, 0.15) is 68.7 Å². The summed E-state index contributed by atoms with van der Waals surface area (Å²) in [6.45, 7) is 25.9. The van der Waals surface area contributed by atoms with Crippen molar-refractivity contribution >= 4 is 16.6 Å². The number of benzene rings is 1. The molecule has 0 radical (unpaired) electrons. The normalized spacial score (nSPS) is 9.06. The van der Waals surface area contributed by atoms with Crippen LogP contribution in [0.2, 0.25) is 0 Å². The van der Waals surface area contributed by atoms with Gasteiger partial charge in [-0.2, -0.15) is 0 Å². The number of hydrogen-bond acceptors (Lipinski definition) is 5. The third-order valence-electron chi connectivity index (χ3n) is 3.56. The number of non-ortho nitro benzene ring substituents is 1. The first-order valence-electron chi connectivity index (χ1n) is 11.3. The van der Waals surface area contributed by atoms with Crippen molar-refractivity contribution in [3.05, 3.63) is 71.6 Å². The molecule has 0 saturated heterocycles. The fourth-order valence-electron chi connectivity index (χ4n) is 1.88. The van der Waals surface area contributed by atoms with Crippen molar-refractivity contribution in [1.29, 1.82) is 0 Å². The molecule has 0 aliphatic carbocycles. The zero-order valence-corrected chi connectivity index (χ0v) is 21.5. The number of fused-ring (bicyclic) bond motifs is 1. The minimum atomic E-state index is -0.448. The Morgan fingerprint density at radius 1 is 1.16 bits per heavy atom. The van der Waals surface area contributed by atoms with Crippen molar-refractivity contribution in [3.63, 3.8) is 0 Å². The maximum absolute atomic E-state index is 10.8. The molecular weight excluding hydrogens is 402 g/mol. The third kappa shape index (κ3) is 14.1. The van der Waals surface area contributed by atoms with Crippen molar-refractivity contribution in [2.75, 3.05) is 6.61 Å². The highest BCUT2D eigenvalue weighted by atomic mass is 16.6. The molecule has 0 fully saturated rings. The Morgan fingerprint density at radius 3 is 2.19 bits per heavy atom. The highest BCUT2D eigenvalue weighted by Gasteiger charge is 2.11. The van der Waals surface area contributed by atoms with Gasteiger partial charge in [0.1, 0.15) is 6.33 Å². The van der Waals surface area contributed by atoms with Crippen LogP contribution < -0.4 is 4.74 Å². The first kappa shape index (κ1) is 33.6. The third-order valence-corrected chi connectivity index (χ3v) is 3.56. The lowest BCUT2D eigenvalue weighted by Crippen LogP contribution is -1.99. The summed E-state index contributed by atoms with van der Waals surface area (Å²) in [6.07, 6.45) is 7.86. The van der Waals surface area contributed by atoms with Crippen LogP contribution in [0.25, 0.3) is 10.9 Å². The van der Waals surface area contributed by atoms with E-state index in [-0.39, 0.29) is 5.69 Å². The minimum absolute atomic E-state index is 0.000559. The summed E-state index contributed by atoms with van der Waals surface area (Å²) in [4.78, 5) is 18.4. The predicted molar refractivity (Wildman–Crippen MR) is 139 cm³/mol. The van der Waals surface area contributed by atoms with E-state index in [0.29, 0.717) is 29.3 Å².